The minimum Gasteiger partial charge on any atom is -0.369 e. The van der Waals surface area contributed by atoms with Crippen molar-refractivity contribution in [3.63, 3.8) is 0 Å². The lowest BCUT2D eigenvalue weighted by atomic mass is 9.63. The van der Waals surface area contributed by atoms with E-state index in [1.165, 1.54) is 0 Å². The smallest absolute Gasteiger partial charge is 0.259 e. The Kier molecular flexibility index (Phi) is 8.16. The lowest BCUT2D eigenvalue weighted by molar-refractivity contribution is -0.203. The molecule has 1 aromatic carbocycles. The molecule has 0 aromatic heterocycles. The number of ketones is 3. The summed E-state index contributed by atoms with van der Waals surface area (Å²) in [5.74, 6) is -2.59. The number of amides is 1. The number of nitrogens with two attached hydrogens (primary N) is 1. The Labute approximate surface area is 263 Å². The number of rotatable bonds is 7. The minimum atomic E-state index is -1.34. The highest BCUT2D eigenvalue weighted by molar-refractivity contribution is 6.21. The molecule has 3 heterocycles. The van der Waals surface area contributed by atoms with Gasteiger partial charge in [-0.1, -0.05) is 24.3 Å². The van der Waals surface area contributed by atoms with Crippen LogP contribution in [-0.2, 0) is 14.3 Å². The highest BCUT2D eigenvalue weighted by Gasteiger charge is 2.61. The van der Waals surface area contributed by atoms with Gasteiger partial charge in [-0.05, 0) is 65.7 Å². The van der Waals surface area contributed by atoms with Crippen LogP contribution in [-0.4, -0.2) is 121 Å². The number of morpholine rings is 1. The van der Waals surface area contributed by atoms with Crippen molar-refractivity contribution >= 4 is 23.3 Å². The van der Waals surface area contributed by atoms with E-state index in [1.54, 1.807) is 35.4 Å². The lowest BCUT2D eigenvalue weighted by Gasteiger charge is -2.60. The zero-order valence-electron chi connectivity index (χ0n) is 26.1. The highest BCUT2D eigenvalue weighted by Crippen LogP contribution is 2.49. The summed E-state index contributed by atoms with van der Waals surface area (Å²) in [6.07, 6.45) is 2.42. The summed E-state index contributed by atoms with van der Waals surface area (Å²) >= 11 is 0. The van der Waals surface area contributed by atoms with Crippen molar-refractivity contribution in [2.75, 3.05) is 40.3 Å². The van der Waals surface area contributed by atoms with E-state index < -0.39 is 48.2 Å². The third kappa shape index (κ3) is 5.25. The zero-order chi connectivity index (χ0) is 31.6. The maximum Gasteiger partial charge on any atom is 0.259 e. The molecule has 10 nitrogen and oxygen atoms in total. The Balaban J connectivity index is 1.22. The number of carbonyl (C=O) groups excluding carboxylic acids is 4. The Bertz CT molecular complexity index is 1420. The van der Waals surface area contributed by atoms with Gasteiger partial charge < -0.3 is 30.5 Å². The van der Waals surface area contributed by atoms with Crippen LogP contribution in [0.25, 0.3) is 0 Å². The van der Waals surface area contributed by atoms with Crippen molar-refractivity contribution in [3.8, 4) is 0 Å². The van der Waals surface area contributed by atoms with Gasteiger partial charge in [-0.2, -0.15) is 0 Å². The second-order valence-corrected chi connectivity index (χ2v) is 14.2. The van der Waals surface area contributed by atoms with Crippen LogP contribution in [0.2, 0.25) is 0 Å². The van der Waals surface area contributed by atoms with Gasteiger partial charge in [0.05, 0.1) is 35.9 Å². The lowest BCUT2D eigenvalue weighted by Crippen LogP contribution is -2.73. The van der Waals surface area contributed by atoms with E-state index in [-0.39, 0.29) is 47.3 Å². The molecule has 3 N–H and O–H groups in total. The van der Waals surface area contributed by atoms with Crippen LogP contribution in [0.1, 0.15) is 59.2 Å². The number of likely N-dealkylation sites (tertiary alicyclic amines) is 1. The molecule has 2 saturated heterocycles. The number of hydrogen-bond acceptors (Lipinski definition) is 9. The van der Waals surface area contributed by atoms with Crippen LogP contribution >= 0.6 is 0 Å². The summed E-state index contributed by atoms with van der Waals surface area (Å²) in [6, 6.07) is 5.41. The number of Topliss-reactive ketones (excluding diaryl/α,β-unsaturated/α-hetero) is 3. The maximum atomic E-state index is 16.1. The standard InChI is InChI=1S/C34H44FN5O5/c1-38(2)11-6-5-10-37-28-25(35)13-23-29-33(28)45-27-15-22-21(30(41)19-7-3-4-8-20(19)31(22)42)14-26(27)40(29)17-24(32(23)43)34(44)39-12-9-18(36)16-39/h3-4,7-8,17-18,21-23,25-29,33,37H,5-6,9-16,36H2,1-2H3. The van der Waals surface area contributed by atoms with Crippen LogP contribution < -0.4 is 11.1 Å². The first-order valence-electron chi connectivity index (χ1n) is 16.6. The second-order valence-electron chi connectivity index (χ2n) is 14.2. The van der Waals surface area contributed by atoms with Gasteiger partial charge in [0, 0.05) is 54.2 Å². The maximum absolute atomic E-state index is 16.1. The fourth-order valence-corrected chi connectivity index (χ4v) is 8.87. The first-order chi connectivity index (χ1) is 21.6. The molecular formula is C34H44FN5O5. The highest BCUT2D eigenvalue weighted by atomic mass is 19.1. The molecule has 7 rings (SSSR count). The number of nitrogens with zero attached hydrogens (tertiary/aromatic N) is 3. The van der Waals surface area contributed by atoms with E-state index >= 15 is 4.39 Å². The normalized spacial score (nSPS) is 37.2. The summed E-state index contributed by atoms with van der Waals surface area (Å²) in [5.41, 5.74) is 7.05. The SMILES string of the molecule is CN(C)CCCCNC1C(F)CC2C(=O)C(C(=O)N3CCC(N)C3)=CN3C4CC5C(=O)c6ccccc6C(=O)C5CC4OC1C23. The number of fused-ring (bicyclic) bond motifs is 4. The van der Waals surface area contributed by atoms with Crippen LogP contribution in [0.15, 0.2) is 36.0 Å². The molecule has 45 heavy (non-hydrogen) atoms. The molecule has 6 aliphatic rings. The van der Waals surface area contributed by atoms with Gasteiger partial charge in [-0.15, -0.1) is 0 Å². The molecule has 10 unspecified atom stereocenters. The van der Waals surface area contributed by atoms with Gasteiger partial charge >= 0.3 is 0 Å². The molecule has 10 atom stereocenters. The number of unbranched alkanes of at least 4 members (excludes halogenated alkanes) is 1. The summed E-state index contributed by atoms with van der Waals surface area (Å²) in [7, 11) is 4.05. The van der Waals surface area contributed by atoms with Crippen LogP contribution in [0.5, 0.6) is 0 Å². The molecule has 3 aliphatic heterocycles. The van der Waals surface area contributed by atoms with Gasteiger partial charge in [0.2, 0.25) is 0 Å². The quantitative estimate of drug-likeness (QED) is 0.345. The average Bonchev–Trinajstić information content (AvgIpc) is 3.47. The van der Waals surface area contributed by atoms with E-state index in [4.69, 9.17) is 10.5 Å². The zero-order valence-corrected chi connectivity index (χ0v) is 26.1. The fraction of sp³-hybridized carbons (Fsp3) is 0.647. The van der Waals surface area contributed by atoms with Crippen molar-refractivity contribution in [2.45, 2.75) is 81.1 Å². The van der Waals surface area contributed by atoms with Gasteiger partial charge in [0.15, 0.2) is 17.3 Å². The number of ether oxygens (including phenoxy) is 1. The van der Waals surface area contributed by atoms with Gasteiger partial charge in [0.25, 0.3) is 5.91 Å². The summed E-state index contributed by atoms with van der Waals surface area (Å²) in [5, 5.41) is 3.43. The average molecular weight is 622 g/mol. The number of benzene rings is 1. The molecule has 0 bridgehead atoms. The van der Waals surface area contributed by atoms with E-state index in [1.807, 2.05) is 14.1 Å². The van der Waals surface area contributed by atoms with Crippen molar-refractivity contribution in [3.05, 3.63) is 47.2 Å². The van der Waals surface area contributed by atoms with E-state index in [0.29, 0.717) is 50.0 Å². The minimum absolute atomic E-state index is 0.00636. The number of halogens is 1. The first-order valence-corrected chi connectivity index (χ1v) is 16.6. The number of alkyl halides is 1. The molecule has 1 amide bonds. The second kappa shape index (κ2) is 12.0. The van der Waals surface area contributed by atoms with Crippen molar-refractivity contribution < 1.29 is 28.3 Å². The largest absolute Gasteiger partial charge is 0.369 e. The van der Waals surface area contributed by atoms with E-state index in [9.17, 15) is 19.2 Å². The first kappa shape index (κ1) is 30.7. The van der Waals surface area contributed by atoms with Gasteiger partial charge in [-0.25, -0.2) is 4.39 Å². The number of hydrogen-bond donors (Lipinski definition) is 2. The molecule has 242 valence electrons. The number of nitrogens with one attached hydrogen (secondary N) is 1. The van der Waals surface area contributed by atoms with E-state index in [2.05, 4.69) is 15.1 Å². The summed E-state index contributed by atoms with van der Waals surface area (Å²) in [6.45, 7) is 2.40. The molecule has 4 fully saturated rings. The monoisotopic (exact) mass is 621 g/mol. The molecule has 3 aliphatic carbocycles. The van der Waals surface area contributed by atoms with E-state index in [0.717, 1.165) is 19.4 Å². The van der Waals surface area contributed by atoms with Crippen LogP contribution in [0.3, 0.4) is 0 Å². The Hall–Kier alpha value is -2.99. The number of carbonyl (C=O) groups is 4. The predicted molar refractivity (Wildman–Crippen MR) is 164 cm³/mol. The summed E-state index contributed by atoms with van der Waals surface area (Å²) in [4.78, 5) is 60.9. The van der Waals surface area contributed by atoms with Crippen molar-refractivity contribution in [2.24, 2.45) is 23.5 Å². The molecule has 1 aromatic rings. The topological polar surface area (TPSA) is 125 Å². The molecule has 0 spiro atoms. The van der Waals surface area contributed by atoms with Crippen molar-refractivity contribution in [1.82, 2.24) is 20.0 Å². The Morgan fingerprint density at radius 2 is 1.73 bits per heavy atom. The van der Waals surface area contributed by atoms with Gasteiger partial charge in [-0.3, -0.25) is 19.2 Å². The third-order valence-electron chi connectivity index (χ3n) is 11.1. The summed E-state index contributed by atoms with van der Waals surface area (Å²) < 4.78 is 22.9. The molecule has 11 heteroatoms. The molecular weight excluding hydrogens is 577 g/mol. The Morgan fingerprint density at radius 3 is 2.40 bits per heavy atom. The third-order valence-corrected chi connectivity index (χ3v) is 11.1. The fourth-order valence-electron chi connectivity index (χ4n) is 8.87. The predicted octanol–water partition coefficient (Wildman–Crippen LogP) is 1.58. The molecule has 0 radical (unpaired) electrons. The van der Waals surface area contributed by atoms with Crippen LogP contribution in [0.4, 0.5) is 4.39 Å². The van der Waals surface area contributed by atoms with Crippen LogP contribution in [0, 0.1) is 17.8 Å². The molecule has 2 saturated carbocycles. The Morgan fingerprint density at radius 1 is 1.02 bits per heavy atom. The van der Waals surface area contributed by atoms with Crippen molar-refractivity contribution in [1.29, 1.82) is 0 Å². The van der Waals surface area contributed by atoms with Gasteiger partial charge in [0.1, 0.15) is 6.17 Å².